The van der Waals surface area contributed by atoms with E-state index in [1.54, 1.807) is 13.0 Å². The molecule has 0 heterocycles. The molecule has 0 spiro atoms. The van der Waals surface area contributed by atoms with Crippen LogP contribution in [0, 0.1) is 5.92 Å². The van der Waals surface area contributed by atoms with Gasteiger partial charge in [0.15, 0.2) is 0 Å². The summed E-state index contributed by atoms with van der Waals surface area (Å²) in [6.07, 6.45) is -4.98. The van der Waals surface area contributed by atoms with Crippen LogP contribution in [0.3, 0.4) is 0 Å². The summed E-state index contributed by atoms with van der Waals surface area (Å²) in [5.74, 6) is -4.88. The van der Waals surface area contributed by atoms with Crippen molar-refractivity contribution in [2.24, 2.45) is 5.92 Å². The molecule has 0 bridgehead atoms. The fourth-order valence-corrected chi connectivity index (χ4v) is 2.61. The Balaban J connectivity index is 3.11. The maximum atomic E-state index is 13.2. The summed E-state index contributed by atoms with van der Waals surface area (Å²) >= 11 is 6.02. The first-order valence-corrected chi connectivity index (χ1v) is 9.17. The summed E-state index contributed by atoms with van der Waals surface area (Å²) in [6.45, 7) is 5.43. The van der Waals surface area contributed by atoms with Crippen LogP contribution >= 0.6 is 11.6 Å². The molecule has 0 aromatic heterocycles. The van der Waals surface area contributed by atoms with Crippen molar-refractivity contribution in [2.45, 2.75) is 38.4 Å². The molecule has 0 aliphatic carbocycles. The van der Waals surface area contributed by atoms with Crippen LogP contribution in [0.2, 0.25) is 5.02 Å². The van der Waals surface area contributed by atoms with Crippen LogP contribution in [-0.2, 0) is 14.3 Å². The maximum Gasteiger partial charge on any atom is 0.408 e. The first-order valence-electron chi connectivity index (χ1n) is 8.79. The lowest BCUT2D eigenvalue weighted by Gasteiger charge is -2.26. The summed E-state index contributed by atoms with van der Waals surface area (Å²) in [6, 6.07) is 2.31. The number of carboxylic acids is 1. The number of ether oxygens (including phenoxy) is 1. The van der Waals surface area contributed by atoms with Crippen LogP contribution < -0.4 is 10.6 Å². The van der Waals surface area contributed by atoms with Gasteiger partial charge >= 0.3 is 18.2 Å². The Kier molecular flexibility index (Phi) is 9.16. The molecule has 3 N–H and O–H groups in total. The summed E-state index contributed by atoms with van der Waals surface area (Å²) in [7, 11) is 0. The summed E-state index contributed by atoms with van der Waals surface area (Å²) in [5, 5.41) is 13.1. The van der Waals surface area contributed by atoms with Gasteiger partial charge in [0.05, 0.1) is 23.0 Å². The number of nitrogens with one attached hydrogen (secondary N) is 2. The van der Waals surface area contributed by atoms with Crippen molar-refractivity contribution >= 4 is 35.3 Å². The van der Waals surface area contributed by atoms with Crippen LogP contribution in [0.25, 0.3) is 0 Å². The fraction of sp³-hybridized carbons (Fsp3) is 0.421. The highest BCUT2D eigenvalue weighted by Crippen LogP contribution is 2.31. The van der Waals surface area contributed by atoms with Crippen LogP contribution in [-0.4, -0.2) is 41.9 Å². The number of hydrogen-bond acceptors (Lipinski definition) is 4. The molecule has 1 aromatic rings. The Labute approximate surface area is 176 Å². The van der Waals surface area contributed by atoms with Crippen LogP contribution in [0.1, 0.15) is 31.7 Å². The van der Waals surface area contributed by atoms with Gasteiger partial charge in [-0.05, 0) is 23.6 Å². The van der Waals surface area contributed by atoms with E-state index in [4.69, 9.17) is 16.7 Å². The van der Waals surface area contributed by atoms with Crippen LogP contribution in [0.4, 0.5) is 23.7 Å². The van der Waals surface area contributed by atoms with E-state index in [-0.39, 0.29) is 23.7 Å². The molecule has 0 aliphatic heterocycles. The van der Waals surface area contributed by atoms with Gasteiger partial charge in [-0.15, -0.1) is 0 Å². The Morgan fingerprint density at radius 1 is 1.30 bits per heavy atom. The number of hydrogen-bond donors (Lipinski definition) is 3. The predicted molar refractivity (Wildman–Crippen MR) is 104 cm³/mol. The highest BCUT2D eigenvalue weighted by atomic mass is 35.5. The second-order valence-corrected chi connectivity index (χ2v) is 6.97. The second kappa shape index (κ2) is 10.9. The van der Waals surface area contributed by atoms with E-state index < -0.39 is 42.0 Å². The molecule has 3 atom stereocenters. The van der Waals surface area contributed by atoms with Gasteiger partial charge in [-0.2, -0.15) is 13.2 Å². The first kappa shape index (κ1) is 25.3. The molecule has 30 heavy (non-hydrogen) atoms. The minimum absolute atomic E-state index is 0.0166. The molecule has 0 aliphatic rings. The smallest absolute Gasteiger partial charge is 0.408 e. The van der Waals surface area contributed by atoms with Crippen molar-refractivity contribution in [3.05, 3.63) is 41.4 Å². The van der Waals surface area contributed by atoms with E-state index in [1.165, 1.54) is 18.2 Å². The van der Waals surface area contributed by atoms with E-state index in [0.29, 0.717) is 5.56 Å². The minimum Gasteiger partial charge on any atom is -0.481 e. The highest BCUT2D eigenvalue weighted by Gasteiger charge is 2.45. The van der Waals surface area contributed by atoms with Gasteiger partial charge in [0.2, 0.25) is 5.91 Å². The second-order valence-electron chi connectivity index (χ2n) is 6.57. The van der Waals surface area contributed by atoms with Gasteiger partial charge in [-0.25, -0.2) is 4.79 Å². The Hall–Kier alpha value is -2.75. The first-order chi connectivity index (χ1) is 13.9. The number of rotatable bonds is 9. The van der Waals surface area contributed by atoms with Gasteiger partial charge in [-0.3, -0.25) is 9.59 Å². The molecule has 0 fully saturated rings. The molecule has 1 rings (SSSR count). The molecule has 166 valence electrons. The number of alkyl carbamates (subject to hydrolysis) is 1. The van der Waals surface area contributed by atoms with E-state index in [0.717, 1.165) is 6.92 Å². The Bertz CT molecular complexity index is 801. The standard InChI is InChI=1S/C19H22ClF3N2O5/c1-4-7-30-18(29)25-16(11(3)19(21,22)23)17(28)24-14-9-12(5-6-13(14)20)10(2)8-15(26)27/h4-6,9-11,16H,1,7-8H2,2-3H3,(H,24,28)(H,25,29)(H,26,27)/t10-,11?,16?/m1/s1. The number of carbonyl (C=O) groups excluding carboxylic acids is 2. The molecule has 0 radical (unpaired) electrons. The van der Waals surface area contributed by atoms with E-state index in [2.05, 4.69) is 16.6 Å². The van der Waals surface area contributed by atoms with E-state index >= 15 is 0 Å². The zero-order valence-electron chi connectivity index (χ0n) is 16.3. The SMILES string of the molecule is C=CCOC(=O)NC(C(=O)Nc1cc([C@H](C)CC(=O)O)ccc1Cl)C(C)C(F)(F)F. The van der Waals surface area contributed by atoms with Crippen molar-refractivity contribution in [1.82, 2.24) is 5.32 Å². The molecule has 2 amide bonds. The lowest BCUT2D eigenvalue weighted by molar-refractivity contribution is -0.178. The molecule has 2 unspecified atom stereocenters. The average molecular weight is 451 g/mol. The number of aliphatic carboxylic acids is 1. The Morgan fingerprint density at radius 2 is 1.93 bits per heavy atom. The van der Waals surface area contributed by atoms with Crippen molar-refractivity contribution < 1.29 is 37.4 Å². The highest BCUT2D eigenvalue weighted by molar-refractivity contribution is 6.33. The number of alkyl halides is 3. The van der Waals surface area contributed by atoms with Crippen LogP contribution in [0.5, 0.6) is 0 Å². The normalized spacial score (nSPS) is 14.2. The maximum absolute atomic E-state index is 13.2. The summed E-state index contributed by atoms with van der Waals surface area (Å²) in [4.78, 5) is 35.2. The molecular formula is C19H22ClF3N2O5. The number of carbonyl (C=O) groups is 3. The Morgan fingerprint density at radius 3 is 2.47 bits per heavy atom. The van der Waals surface area contributed by atoms with Crippen molar-refractivity contribution in [2.75, 3.05) is 11.9 Å². The summed E-state index contributed by atoms with van der Waals surface area (Å²) in [5.41, 5.74) is 0.493. The van der Waals surface area contributed by atoms with Crippen molar-refractivity contribution in [1.29, 1.82) is 0 Å². The van der Waals surface area contributed by atoms with Crippen LogP contribution in [0.15, 0.2) is 30.9 Å². The van der Waals surface area contributed by atoms with Gasteiger partial charge in [-0.1, -0.05) is 44.2 Å². The number of halogens is 4. The number of benzene rings is 1. The average Bonchev–Trinajstić information content (AvgIpc) is 2.64. The molecule has 7 nitrogen and oxygen atoms in total. The number of carboxylic acid groups (broad SMARTS) is 1. The van der Waals surface area contributed by atoms with E-state index in [1.807, 2.05) is 5.32 Å². The van der Waals surface area contributed by atoms with Crippen molar-refractivity contribution in [3.63, 3.8) is 0 Å². The molecule has 0 saturated heterocycles. The quantitative estimate of drug-likeness (QED) is 0.485. The molecular weight excluding hydrogens is 429 g/mol. The zero-order valence-corrected chi connectivity index (χ0v) is 17.0. The lowest BCUT2D eigenvalue weighted by Crippen LogP contribution is -2.52. The number of anilines is 1. The van der Waals surface area contributed by atoms with E-state index in [9.17, 15) is 27.6 Å². The largest absolute Gasteiger partial charge is 0.481 e. The molecule has 0 saturated carbocycles. The summed E-state index contributed by atoms with van der Waals surface area (Å²) < 4.78 is 44.2. The van der Waals surface area contributed by atoms with Gasteiger partial charge in [0, 0.05) is 0 Å². The lowest BCUT2D eigenvalue weighted by atomic mass is 9.97. The van der Waals surface area contributed by atoms with Gasteiger partial charge in [0.1, 0.15) is 12.6 Å². The van der Waals surface area contributed by atoms with Gasteiger partial charge < -0.3 is 20.5 Å². The monoisotopic (exact) mass is 450 g/mol. The third kappa shape index (κ3) is 7.58. The molecule has 11 heteroatoms. The third-order valence-corrected chi connectivity index (χ3v) is 4.53. The van der Waals surface area contributed by atoms with Gasteiger partial charge in [0.25, 0.3) is 0 Å². The number of amides is 2. The minimum atomic E-state index is -4.78. The third-order valence-electron chi connectivity index (χ3n) is 4.20. The topological polar surface area (TPSA) is 105 Å². The van der Waals surface area contributed by atoms with Crippen molar-refractivity contribution in [3.8, 4) is 0 Å². The molecule has 1 aromatic carbocycles. The zero-order chi connectivity index (χ0) is 23.1. The fourth-order valence-electron chi connectivity index (χ4n) is 2.45. The predicted octanol–water partition coefficient (Wildman–Crippen LogP) is 4.34.